The predicted molar refractivity (Wildman–Crippen MR) is 56.8 cm³/mol. The van der Waals surface area contributed by atoms with E-state index >= 15 is 0 Å². The van der Waals surface area contributed by atoms with Gasteiger partial charge in [0.05, 0.1) is 6.61 Å². The Labute approximate surface area is 89.5 Å². The first-order chi connectivity index (χ1) is 7.33. The number of hydrogen-bond acceptors (Lipinski definition) is 3. The van der Waals surface area contributed by atoms with Crippen LogP contribution in [0.2, 0.25) is 0 Å². The molecule has 0 bridgehead atoms. The molecule has 0 aliphatic heterocycles. The maximum Gasteiger partial charge on any atom is 0.357 e. The number of hydrogen-bond donors (Lipinski definition) is 0. The molecule has 0 radical (unpaired) electrons. The normalized spacial score (nSPS) is 14.5. The monoisotopic (exact) mass is 205 g/mol. The molecule has 0 N–H and O–H groups in total. The molecule has 80 valence electrons. The molecular formula is C12H15NO2. The fourth-order valence-corrected chi connectivity index (χ4v) is 2.04. The van der Waals surface area contributed by atoms with Crippen LogP contribution in [0, 0.1) is 0 Å². The first kappa shape index (κ1) is 10.1. The molecular weight excluding hydrogens is 190 g/mol. The molecule has 0 aromatic carbocycles. The fraction of sp³-hybridized carbons (Fsp3) is 0.500. The molecule has 3 heteroatoms. The van der Waals surface area contributed by atoms with Gasteiger partial charge in [-0.1, -0.05) is 0 Å². The second-order valence-corrected chi connectivity index (χ2v) is 3.72. The maximum atomic E-state index is 11.6. The van der Waals surface area contributed by atoms with Crippen LogP contribution in [-0.4, -0.2) is 17.6 Å². The molecule has 0 fully saturated rings. The second-order valence-electron chi connectivity index (χ2n) is 3.72. The lowest BCUT2D eigenvalue weighted by atomic mass is 9.91. The summed E-state index contributed by atoms with van der Waals surface area (Å²) in [5, 5.41) is 0. The summed E-state index contributed by atoms with van der Waals surface area (Å²) < 4.78 is 4.99. The van der Waals surface area contributed by atoms with E-state index in [2.05, 4.69) is 4.98 Å². The lowest BCUT2D eigenvalue weighted by Gasteiger charge is -2.17. The van der Waals surface area contributed by atoms with Crippen LogP contribution >= 0.6 is 0 Å². The molecule has 0 saturated carbocycles. The Kier molecular flexibility index (Phi) is 2.99. The number of rotatable bonds is 2. The Morgan fingerprint density at radius 2 is 2.27 bits per heavy atom. The van der Waals surface area contributed by atoms with Crippen molar-refractivity contribution in [1.29, 1.82) is 0 Å². The van der Waals surface area contributed by atoms with Crippen molar-refractivity contribution in [2.24, 2.45) is 0 Å². The largest absolute Gasteiger partial charge is 0.461 e. The van der Waals surface area contributed by atoms with Crippen molar-refractivity contribution in [2.45, 2.75) is 32.6 Å². The highest BCUT2D eigenvalue weighted by atomic mass is 16.5. The van der Waals surface area contributed by atoms with Gasteiger partial charge in [-0.3, -0.25) is 0 Å². The zero-order chi connectivity index (χ0) is 10.7. The number of carbonyl (C=O) groups excluding carboxylic acids is 1. The zero-order valence-corrected chi connectivity index (χ0v) is 8.95. The number of nitrogens with zero attached hydrogens (tertiary/aromatic N) is 1. The van der Waals surface area contributed by atoms with E-state index in [0.717, 1.165) is 24.8 Å². The van der Waals surface area contributed by atoms with E-state index in [-0.39, 0.29) is 5.97 Å². The maximum absolute atomic E-state index is 11.6. The van der Waals surface area contributed by atoms with Gasteiger partial charge >= 0.3 is 5.97 Å². The number of ether oxygens (including phenoxy) is 1. The number of fused-ring (bicyclic) bond motifs is 1. The molecule has 0 saturated heterocycles. The van der Waals surface area contributed by atoms with Gasteiger partial charge in [0.2, 0.25) is 0 Å². The van der Waals surface area contributed by atoms with E-state index in [1.54, 1.807) is 6.20 Å². The summed E-state index contributed by atoms with van der Waals surface area (Å²) in [7, 11) is 0. The van der Waals surface area contributed by atoms with Crippen LogP contribution in [0.15, 0.2) is 12.3 Å². The lowest BCUT2D eigenvalue weighted by Crippen LogP contribution is -2.14. The van der Waals surface area contributed by atoms with Crippen LogP contribution < -0.4 is 0 Å². The number of esters is 1. The molecule has 1 aliphatic rings. The van der Waals surface area contributed by atoms with Gasteiger partial charge in [0.15, 0.2) is 5.69 Å². The summed E-state index contributed by atoms with van der Waals surface area (Å²) in [6.45, 7) is 2.22. The Balaban J connectivity index is 2.34. The Morgan fingerprint density at radius 3 is 3.07 bits per heavy atom. The smallest absolute Gasteiger partial charge is 0.357 e. The highest BCUT2D eigenvalue weighted by molar-refractivity contribution is 5.89. The van der Waals surface area contributed by atoms with Crippen LogP contribution in [-0.2, 0) is 17.6 Å². The number of pyridine rings is 1. The van der Waals surface area contributed by atoms with Crippen molar-refractivity contribution in [2.75, 3.05) is 6.61 Å². The van der Waals surface area contributed by atoms with Gasteiger partial charge in [-0.05, 0) is 49.8 Å². The van der Waals surface area contributed by atoms with Crippen LogP contribution in [0.5, 0.6) is 0 Å². The minimum atomic E-state index is -0.281. The minimum absolute atomic E-state index is 0.281. The van der Waals surface area contributed by atoms with E-state index in [4.69, 9.17) is 4.74 Å². The Hall–Kier alpha value is -1.38. The molecule has 1 heterocycles. The highest BCUT2D eigenvalue weighted by Gasteiger charge is 2.19. The number of aromatic nitrogens is 1. The highest BCUT2D eigenvalue weighted by Crippen LogP contribution is 2.23. The van der Waals surface area contributed by atoms with Gasteiger partial charge in [-0.15, -0.1) is 0 Å². The van der Waals surface area contributed by atoms with Crippen LogP contribution in [0.1, 0.15) is 41.4 Å². The van der Waals surface area contributed by atoms with Gasteiger partial charge in [0.25, 0.3) is 0 Å². The average Bonchev–Trinajstić information content (AvgIpc) is 2.28. The fourth-order valence-electron chi connectivity index (χ4n) is 2.04. The van der Waals surface area contributed by atoms with Crippen molar-refractivity contribution < 1.29 is 9.53 Å². The van der Waals surface area contributed by atoms with Crippen molar-refractivity contribution in [3.05, 3.63) is 29.1 Å². The summed E-state index contributed by atoms with van der Waals surface area (Å²) in [6.07, 6.45) is 6.07. The van der Waals surface area contributed by atoms with Crippen molar-refractivity contribution in [3.63, 3.8) is 0 Å². The standard InChI is InChI=1S/C12H15NO2/c1-2-15-12(14)11-10-6-4-3-5-9(10)7-8-13-11/h7-8H,2-6H2,1H3. The second kappa shape index (κ2) is 4.43. The molecule has 0 unspecified atom stereocenters. The van der Waals surface area contributed by atoms with Gasteiger partial charge in [0, 0.05) is 6.20 Å². The van der Waals surface area contributed by atoms with Crippen molar-refractivity contribution >= 4 is 5.97 Å². The minimum Gasteiger partial charge on any atom is -0.461 e. The van der Waals surface area contributed by atoms with E-state index in [0.29, 0.717) is 12.3 Å². The van der Waals surface area contributed by atoms with E-state index in [1.807, 2.05) is 13.0 Å². The van der Waals surface area contributed by atoms with Crippen molar-refractivity contribution in [3.8, 4) is 0 Å². The average molecular weight is 205 g/mol. The summed E-state index contributed by atoms with van der Waals surface area (Å²) in [4.78, 5) is 15.8. The summed E-state index contributed by atoms with van der Waals surface area (Å²) in [5.74, 6) is -0.281. The topological polar surface area (TPSA) is 39.2 Å². The van der Waals surface area contributed by atoms with Crippen LogP contribution in [0.3, 0.4) is 0 Å². The lowest BCUT2D eigenvalue weighted by molar-refractivity contribution is 0.0517. The third kappa shape index (κ3) is 2.01. The van der Waals surface area contributed by atoms with Gasteiger partial charge in [0.1, 0.15) is 0 Å². The molecule has 3 nitrogen and oxygen atoms in total. The van der Waals surface area contributed by atoms with E-state index in [9.17, 15) is 4.79 Å². The molecule has 0 atom stereocenters. The molecule has 1 aromatic rings. The van der Waals surface area contributed by atoms with Gasteiger partial charge in [-0.2, -0.15) is 0 Å². The molecule has 15 heavy (non-hydrogen) atoms. The third-order valence-electron chi connectivity index (χ3n) is 2.74. The number of carbonyl (C=O) groups is 1. The molecule has 2 rings (SSSR count). The Morgan fingerprint density at radius 1 is 1.47 bits per heavy atom. The number of aryl methyl sites for hydroxylation is 1. The Bertz CT molecular complexity index is 374. The molecule has 0 spiro atoms. The molecule has 1 aromatic heterocycles. The quantitative estimate of drug-likeness (QED) is 0.694. The van der Waals surface area contributed by atoms with Gasteiger partial charge < -0.3 is 4.74 Å². The molecule has 1 aliphatic carbocycles. The van der Waals surface area contributed by atoms with Crippen LogP contribution in [0.25, 0.3) is 0 Å². The van der Waals surface area contributed by atoms with E-state index in [1.165, 1.54) is 12.0 Å². The summed E-state index contributed by atoms with van der Waals surface area (Å²) in [5.41, 5.74) is 2.88. The SMILES string of the molecule is CCOC(=O)c1nccc2c1CCCC2. The summed E-state index contributed by atoms with van der Waals surface area (Å²) >= 11 is 0. The predicted octanol–water partition coefficient (Wildman–Crippen LogP) is 2.14. The van der Waals surface area contributed by atoms with E-state index < -0.39 is 0 Å². The van der Waals surface area contributed by atoms with Gasteiger partial charge in [-0.25, -0.2) is 9.78 Å². The first-order valence-corrected chi connectivity index (χ1v) is 5.46. The first-order valence-electron chi connectivity index (χ1n) is 5.46. The summed E-state index contributed by atoms with van der Waals surface area (Å²) in [6, 6.07) is 2.01. The third-order valence-corrected chi connectivity index (χ3v) is 2.74. The zero-order valence-electron chi connectivity index (χ0n) is 8.95. The van der Waals surface area contributed by atoms with Crippen molar-refractivity contribution in [1.82, 2.24) is 4.98 Å². The molecule has 0 amide bonds. The van der Waals surface area contributed by atoms with Crippen LogP contribution in [0.4, 0.5) is 0 Å².